The Labute approximate surface area is 117 Å². The Morgan fingerprint density at radius 3 is 2.65 bits per heavy atom. The molecule has 0 fully saturated rings. The van der Waals surface area contributed by atoms with Gasteiger partial charge in [-0.25, -0.2) is 5.43 Å². The van der Waals surface area contributed by atoms with Crippen molar-refractivity contribution >= 4 is 17.3 Å². The number of furan rings is 1. The van der Waals surface area contributed by atoms with Gasteiger partial charge in [0.25, 0.3) is 5.91 Å². The van der Waals surface area contributed by atoms with Crippen molar-refractivity contribution in [2.45, 2.75) is 13.8 Å². The van der Waals surface area contributed by atoms with Crippen LogP contribution in [0.4, 0.5) is 5.69 Å². The van der Waals surface area contributed by atoms with Crippen molar-refractivity contribution < 1.29 is 9.21 Å². The molecule has 0 aliphatic rings. The molecule has 5 nitrogen and oxygen atoms in total. The van der Waals surface area contributed by atoms with Gasteiger partial charge in [-0.05, 0) is 38.1 Å². The molecule has 0 atom stereocenters. The number of rotatable bonds is 5. The summed E-state index contributed by atoms with van der Waals surface area (Å²) in [7, 11) is 0. The third kappa shape index (κ3) is 3.98. The van der Waals surface area contributed by atoms with Crippen LogP contribution in [0.3, 0.4) is 0 Å². The van der Waals surface area contributed by atoms with Gasteiger partial charge in [0, 0.05) is 5.69 Å². The average molecular weight is 271 g/mol. The first-order valence-electron chi connectivity index (χ1n) is 6.32. The number of aryl methyl sites for hydroxylation is 1. The van der Waals surface area contributed by atoms with Crippen LogP contribution in [0.15, 0.2) is 52.2 Å². The number of amides is 1. The van der Waals surface area contributed by atoms with E-state index in [9.17, 15) is 4.79 Å². The van der Waals surface area contributed by atoms with E-state index in [-0.39, 0.29) is 12.5 Å². The quantitative estimate of drug-likeness (QED) is 0.648. The number of anilines is 1. The number of nitrogens with zero attached hydrogens (tertiary/aromatic N) is 1. The van der Waals surface area contributed by atoms with Crippen molar-refractivity contribution in [3.05, 3.63) is 54.0 Å². The van der Waals surface area contributed by atoms with Gasteiger partial charge in [-0.1, -0.05) is 17.7 Å². The van der Waals surface area contributed by atoms with Gasteiger partial charge in [0.2, 0.25) is 0 Å². The predicted molar refractivity (Wildman–Crippen MR) is 78.7 cm³/mol. The molecule has 104 valence electrons. The summed E-state index contributed by atoms with van der Waals surface area (Å²) in [5, 5.41) is 7.00. The highest BCUT2D eigenvalue weighted by molar-refractivity contribution is 5.96. The van der Waals surface area contributed by atoms with Crippen LogP contribution >= 0.6 is 0 Å². The Morgan fingerprint density at radius 2 is 2.00 bits per heavy atom. The molecule has 0 spiro atoms. The molecule has 0 aliphatic heterocycles. The molecule has 0 saturated carbocycles. The number of carbonyl (C=O) groups excluding carboxylic acids is 1. The Morgan fingerprint density at radius 1 is 1.25 bits per heavy atom. The molecule has 1 amide bonds. The summed E-state index contributed by atoms with van der Waals surface area (Å²) in [5.41, 5.74) is 5.18. The van der Waals surface area contributed by atoms with Crippen molar-refractivity contribution in [3.8, 4) is 0 Å². The minimum atomic E-state index is -0.212. The topological polar surface area (TPSA) is 66.6 Å². The highest BCUT2D eigenvalue weighted by atomic mass is 16.3. The maximum absolute atomic E-state index is 11.6. The SMILES string of the molecule is C/C(=N/NC(=O)CNc1ccc(C)cc1)c1ccco1. The van der Waals surface area contributed by atoms with E-state index in [4.69, 9.17) is 4.42 Å². The van der Waals surface area contributed by atoms with Crippen molar-refractivity contribution in [3.63, 3.8) is 0 Å². The maximum Gasteiger partial charge on any atom is 0.259 e. The van der Waals surface area contributed by atoms with Crippen LogP contribution in [0.25, 0.3) is 0 Å². The van der Waals surface area contributed by atoms with Crippen LogP contribution in [0.1, 0.15) is 18.2 Å². The summed E-state index contributed by atoms with van der Waals surface area (Å²) in [6.45, 7) is 3.95. The lowest BCUT2D eigenvalue weighted by Crippen LogP contribution is -2.26. The van der Waals surface area contributed by atoms with E-state index in [1.807, 2.05) is 31.2 Å². The monoisotopic (exact) mass is 271 g/mol. The first kappa shape index (κ1) is 13.9. The highest BCUT2D eigenvalue weighted by Gasteiger charge is 2.02. The molecule has 2 N–H and O–H groups in total. The summed E-state index contributed by atoms with van der Waals surface area (Å²) in [5.74, 6) is 0.424. The van der Waals surface area contributed by atoms with Gasteiger partial charge >= 0.3 is 0 Å². The summed E-state index contributed by atoms with van der Waals surface area (Å²) in [6.07, 6.45) is 1.56. The second-order valence-corrected chi connectivity index (χ2v) is 4.43. The molecule has 0 aliphatic carbocycles. The van der Waals surface area contributed by atoms with Crippen LogP contribution in [-0.4, -0.2) is 18.2 Å². The summed E-state index contributed by atoms with van der Waals surface area (Å²) < 4.78 is 5.17. The van der Waals surface area contributed by atoms with Gasteiger partial charge in [-0.3, -0.25) is 4.79 Å². The van der Waals surface area contributed by atoms with Gasteiger partial charge in [0.1, 0.15) is 11.5 Å². The molecule has 0 bridgehead atoms. The summed E-state index contributed by atoms with van der Waals surface area (Å²) in [6, 6.07) is 11.4. The zero-order valence-electron chi connectivity index (χ0n) is 11.5. The number of nitrogens with one attached hydrogen (secondary N) is 2. The fourth-order valence-electron chi connectivity index (χ4n) is 1.58. The van der Waals surface area contributed by atoms with Crippen LogP contribution in [0.5, 0.6) is 0 Å². The molecular formula is C15H17N3O2. The van der Waals surface area contributed by atoms with Crippen LogP contribution in [-0.2, 0) is 4.79 Å². The van der Waals surface area contributed by atoms with Gasteiger partial charge in [0.05, 0.1) is 12.8 Å². The summed E-state index contributed by atoms with van der Waals surface area (Å²) in [4.78, 5) is 11.6. The molecule has 0 radical (unpaired) electrons. The fraction of sp³-hybridized carbons (Fsp3) is 0.200. The van der Waals surface area contributed by atoms with E-state index in [0.29, 0.717) is 11.5 Å². The van der Waals surface area contributed by atoms with Crippen LogP contribution in [0.2, 0.25) is 0 Å². The standard InChI is InChI=1S/C15H17N3O2/c1-11-5-7-13(8-6-11)16-10-15(19)18-17-12(2)14-4-3-9-20-14/h3-9,16H,10H2,1-2H3,(H,18,19)/b17-12-. The molecule has 0 unspecified atom stereocenters. The van der Waals surface area contributed by atoms with E-state index in [1.54, 1.807) is 25.3 Å². The van der Waals surface area contributed by atoms with Crippen LogP contribution in [0, 0.1) is 6.92 Å². The highest BCUT2D eigenvalue weighted by Crippen LogP contribution is 2.07. The number of benzene rings is 1. The lowest BCUT2D eigenvalue weighted by Gasteiger charge is -2.05. The van der Waals surface area contributed by atoms with Gasteiger partial charge < -0.3 is 9.73 Å². The molecule has 2 aromatic rings. The first-order chi connectivity index (χ1) is 9.65. The molecule has 1 aromatic heterocycles. The van der Waals surface area contributed by atoms with Crippen molar-refractivity contribution in [2.24, 2.45) is 5.10 Å². The van der Waals surface area contributed by atoms with E-state index < -0.39 is 0 Å². The Kier molecular flexibility index (Phi) is 4.55. The first-order valence-corrected chi connectivity index (χ1v) is 6.32. The largest absolute Gasteiger partial charge is 0.463 e. The normalized spacial score (nSPS) is 11.2. The van der Waals surface area contributed by atoms with E-state index in [1.165, 1.54) is 5.56 Å². The molecule has 20 heavy (non-hydrogen) atoms. The van der Waals surface area contributed by atoms with E-state index in [2.05, 4.69) is 15.8 Å². The van der Waals surface area contributed by atoms with Gasteiger partial charge in [0.15, 0.2) is 0 Å². The fourth-order valence-corrected chi connectivity index (χ4v) is 1.58. The molecule has 5 heteroatoms. The zero-order chi connectivity index (χ0) is 14.4. The molecule has 2 rings (SSSR count). The smallest absolute Gasteiger partial charge is 0.259 e. The third-order valence-electron chi connectivity index (χ3n) is 2.73. The maximum atomic E-state index is 11.6. The van der Waals surface area contributed by atoms with E-state index >= 15 is 0 Å². The number of hydrazone groups is 1. The Hall–Kier alpha value is -2.56. The van der Waals surface area contributed by atoms with Crippen molar-refractivity contribution in [1.29, 1.82) is 0 Å². The lowest BCUT2D eigenvalue weighted by molar-refractivity contribution is -0.119. The molecular weight excluding hydrogens is 254 g/mol. The summed E-state index contributed by atoms with van der Waals surface area (Å²) >= 11 is 0. The third-order valence-corrected chi connectivity index (χ3v) is 2.73. The lowest BCUT2D eigenvalue weighted by atomic mass is 10.2. The molecule has 1 heterocycles. The molecule has 1 aromatic carbocycles. The van der Waals surface area contributed by atoms with Crippen LogP contribution < -0.4 is 10.7 Å². The number of hydrogen-bond donors (Lipinski definition) is 2. The van der Waals surface area contributed by atoms with Gasteiger partial charge in [-0.2, -0.15) is 5.10 Å². The second-order valence-electron chi connectivity index (χ2n) is 4.43. The van der Waals surface area contributed by atoms with Gasteiger partial charge in [-0.15, -0.1) is 0 Å². The molecule has 0 saturated heterocycles. The van der Waals surface area contributed by atoms with Crippen molar-refractivity contribution in [2.75, 3.05) is 11.9 Å². The number of carbonyl (C=O) groups is 1. The predicted octanol–water partition coefficient (Wildman–Crippen LogP) is 2.54. The minimum Gasteiger partial charge on any atom is -0.463 e. The Bertz CT molecular complexity index is 586. The minimum absolute atomic E-state index is 0.165. The zero-order valence-corrected chi connectivity index (χ0v) is 11.5. The van der Waals surface area contributed by atoms with E-state index in [0.717, 1.165) is 5.69 Å². The Balaban J connectivity index is 1.81. The second kappa shape index (κ2) is 6.56. The van der Waals surface area contributed by atoms with Crippen molar-refractivity contribution in [1.82, 2.24) is 5.43 Å². The number of hydrogen-bond acceptors (Lipinski definition) is 4. The average Bonchev–Trinajstić information content (AvgIpc) is 2.98.